The highest BCUT2D eigenvalue weighted by atomic mass is 16.5. The Morgan fingerprint density at radius 3 is 3.05 bits per heavy atom. The summed E-state index contributed by atoms with van der Waals surface area (Å²) < 4.78 is 5.84. The third-order valence-electron chi connectivity index (χ3n) is 4.47. The molecule has 2 fully saturated rings. The maximum Gasteiger partial charge on any atom is 0.137 e. The highest BCUT2D eigenvalue weighted by Gasteiger charge is 2.37. The Morgan fingerprint density at radius 2 is 2.37 bits per heavy atom. The van der Waals surface area contributed by atoms with Crippen LogP contribution in [0, 0.1) is 5.92 Å². The summed E-state index contributed by atoms with van der Waals surface area (Å²) in [5.41, 5.74) is 1.26. The third kappa shape index (κ3) is 2.90. The van der Waals surface area contributed by atoms with E-state index in [9.17, 15) is 0 Å². The van der Waals surface area contributed by atoms with Gasteiger partial charge in [-0.3, -0.25) is 9.88 Å². The van der Waals surface area contributed by atoms with E-state index in [2.05, 4.69) is 23.0 Å². The first-order valence-corrected chi connectivity index (χ1v) is 7.17. The van der Waals surface area contributed by atoms with Crippen molar-refractivity contribution in [3.8, 4) is 5.75 Å². The number of hydrogen-bond donors (Lipinski definition) is 1. The zero-order chi connectivity index (χ0) is 13.2. The Labute approximate surface area is 114 Å². The van der Waals surface area contributed by atoms with Crippen molar-refractivity contribution in [3.63, 3.8) is 0 Å². The van der Waals surface area contributed by atoms with E-state index < -0.39 is 0 Å². The van der Waals surface area contributed by atoms with Crippen LogP contribution in [0.4, 0.5) is 0 Å². The van der Waals surface area contributed by atoms with E-state index in [0.717, 1.165) is 18.8 Å². The van der Waals surface area contributed by atoms with Crippen molar-refractivity contribution in [1.82, 2.24) is 9.88 Å². The fourth-order valence-electron chi connectivity index (χ4n) is 2.83. The van der Waals surface area contributed by atoms with Crippen molar-refractivity contribution in [2.24, 2.45) is 5.92 Å². The average Bonchev–Trinajstić information content (AvgIpc) is 3.17. The number of aliphatic hydroxyl groups excluding tert-OH is 1. The molecule has 2 heterocycles. The highest BCUT2D eigenvalue weighted by Crippen LogP contribution is 2.49. The molecule has 0 aromatic carbocycles. The predicted molar refractivity (Wildman–Crippen MR) is 73.3 cm³/mol. The Kier molecular flexibility index (Phi) is 3.71. The number of nitrogens with zero attached hydrogens (tertiary/aromatic N) is 2. The minimum Gasteiger partial charge on any atom is -0.490 e. The number of pyridine rings is 1. The molecule has 104 valence electrons. The van der Waals surface area contributed by atoms with Gasteiger partial charge in [-0.05, 0) is 56.3 Å². The summed E-state index contributed by atoms with van der Waals surface area (Å²) in [6.45, 7) is 2.22. The maximum atomic E-state index is 8.95. The molecule has 1 aromatic rings. The molecule has 4 heteroatoms. The van der Waals surface area contributed by atoms with Crippen molar-refractivity contribution in [2.75, 3.05) is 26.8 Å². The second-order valence-corrected chi connectivity index (χ2v) is 5.80. The molecule has 0 spiro atoms. The van der Waals surface area contributed by atoms with Crippen LogP contribution in [0.5, 0.6) is 5.75 Å². The van der Waals surface area contributed by atoms with Crippen molar-refractivity contribution < 1.29 is 9.84 Å². The number of rotatable bonds is 6. The van der Waals surface area contributed by atoms with Gasteiger partial charge in [-0.2, -0.15) is 0 Å². The van der Waals surface area contributed by atoms with E-state index in [4.69, 9.17) is 9.84 Å². The summed E-state index contributed by atoms with van der Waals surface area (Å²) in [7, 11) is 2.13. The lowest BCUT2D eigenvalue weighted by molar-refractivity contribution is 0.0767. The summed E-state index contributed by atoms with van der Waals surface area (Å²) in [6, 6.07) is 2.68. The van der Waals surface area contributed by atoms with Crippen LogP contribution in [-0.4, -0.2) is 47.8 Å². The molecule has 1 saturated heterocycles. The number of likely N-dealkylation sites (N-methyl/N-ethyl adjacent to an activating group) is 1. The Balaban J connectivity index is 1.55. The first-order valence-electron chi connectivity index (χ1n) is 7.17. The molecule has 1 aliphatic carbocycles. The maximum absolute atomic E-state index is 8.95. The van der Waals surface area contributed by atoms with Gasteiger partial charge in [-0.1, -0.05) is 0 Å². The molecule has 0 radical (unpaired) electrons. The number of aromatic nitrogens is 1. The summed E-state index contributed by atoms with van der Waals surface area (Å²) in [6.07, 6.45) is 7.04. The minimum absolute atomic E-state index is 0.290. The Hall–Kier alpha value is -1.13. The summed E-state index contributed by atoms with van der Waals surface area (Å²) in [5, 5.41) is 8.95. The van der Waals surface area contributed by atoms with E-state index in [1.807, 2.05) is 6.20 Å². The number of hydrogen-bond acceptors (Lipinski definition) is 4. The normalized spacial score (nSPS) is 29.9. The van der Waals surface area contributed by atoms with Crippen LogP contribution < -0.4 is 4.74 Å². The molecule has 1 unspecified atom stereocenters. The highest BCUT2D eigenvalue weighted by molar-refractivity contribution is 5.30. The van der Waals surface area contributed by atoms with Gasteiger partial charge in [-0.25, -0.2) is 0 Å². The lowest BCUT2D eigenvalue weighted by Gasteiger charge is -2.37. The zero-order valence-electron chi connectivity index (χ0n) is 11.5. The topological polar surface area (TPSA) is 45.6 Å². The Morgan fingerprint density at radius 1 is 1.47 bits per heavy atom. The van der Waals surface area contributed by atoms with Crippen LogP contribution in [0.15, 0.2) is 18.5 Å². The summed E-state index contributed by atoms with van der Waals surface area (Å²) in [4.78, 5) is 6.60. The molecular formula is C15H22N2O2. The molecule has 19 heavy (non-hydrogen) atoms. The SMILES string of the molecule is CN1CCC1COc1cncc([C@H]2C[C@@H]2CCO)c1. The van der Waals surface area contributed by atoms with Crippen molar-refractivity contribution in [3.05, 3.63) is 24.0 Å². The van der Waals surface area contributed by atoms with Gasteiger partial charge in [0.1, 0.15) is 12.4 Å². The summed E-state index contributed by atoms with van der Waals surface area (Å²) >= 11 is 0. The Bertz CT molecular complexity index is 438. The van der Waals surface area contributed by atoms with Crippen LogP contribution in [0.2, 0.25) is 0 Å². The predicted octanol–water partition coefficient (Wildman–Crippen LogP) is 1.65. The first kappa shape index (κ1) is 12.9. The fourth-order valence-corrected chi connectivity index (χ4v) is 2.83. The van der Waals surface area contributed by atoms with Gasteiger partial charge >= 0.3 is 0 Å². The van der Waals surface area contributed by atoms with Gasteiger partial charge in [-0.15, -0.1) is 0 Å². The monoisotopic (exact) mass is 262 g/mol. The van der Waals surface area contributed by atoms with Crippen LogP contribution in [0.3, 0.4) is 0 Å². The van der Waals surface area contributed by atoms with Crippen molar-refractivity contribution in [2.45, 2.75) is 31.2 Å². The zero-order valence-corrected chi connectivity index (χ0v) is 11.5. The summed E-state index contributed by atoms with van der Waals surface area (Å²) in [5.74, 6) is 2.10. The minimum atomic E-state index is 0.290. The molecule has 1 aliphatic heterocycles. The average molecular weight is 262 g/mol. The van der Waals surface area contributed by atoms with Crippen LogP contribution >= 0.6 is 0 Å². The van der Waals surface area contributed by atoms with E-state index in [-0.39, 0.29) is 0 Å². The molecule has 1 N–H and O–H groups in total. The van der Waals surface area contributed by atoms with Crippen LogP contribution in [0.25, 0.3) is 0 Å². The quantitative estimate of drug-likeness (QED) is 0.846. The van der Waals surface area contributed by atoms with Crippen molar-refractivity contribution >= 4 is 0 Å². The van der Waals surface area contributed by atoms with Gasteiger partial charge in [0.2, 0.25) is 0 Å². The standard InChI is InChI=1S/C15H22N2O2/c1-17-4-2-13(17)10-19-14-6-12(8-16-9-14)15-7-11(15)3-5-18/h6,8-9,11,13,15,18H,2-5,7,10H2,1H3/t11-,13?,15-/m0/s1. The lowest BCUT2D eigenvalue weighted by atomic mass is 10.1. The van der Waals surface area contributed by atoms with E-state index in [1.165, 1.54) is 24.9 Å². The number of ether oxygens (including phenoxy) is 1. The van der Waals surface area contributed by atoms with Gasteiger partial charge in [0.05, 0.1) is 6.20 Å². The van der Waals surface area contributed by atoms with Gasteiger partial charge in [0, 0.05) is 18.8 Å². The molecule has 1 aromatic heterocycles. The number of likely N-dealkylation sites (tertiary alicyclic amines) is 1. The van der Waals surface area contributed by atoms with E-state index >= 15 is 0 Å². The molecule has 0 amide bonds. The first-order chi connectivity index (χ1) is 9.28. The van der Waals surface area contributed by atoms with Gasteiger partial charge in [0.15, 0.2) is 0 Å². The second kappa shape index (κ2) is 5.47. The molecule has 3 rings (SSSR count). The van der Waals surface area contributed by atoms with E-state index in [1.54, 1.807) is 6.20 Å². The van der Waals surface area contributed by atoms with Gasteiger partial charge in [0.25, 0.3) is 0 Å². The number of aliphatic hydroxyl groups is 1. The van der Waals surface area contributed by atoms with Crippen molar-refractivity contribution in [1.29, 1.82) is 0 Å². The van der Waals surface area contributed by atoms with Crippen LogP contribution in [0.1, 0.15) is 30.7 Å². The molecular weight excluding hydrogens is 240 g/mol. The van der Waals surface area contributed by atoms with Crippen LogP contribution in [-0.2, 0) is 0 Å². The molecule has 1 saturated carbocycles. The molecule has 0 bridgehead atoms. The largest absolute Gasteiger partial charge is 0.490 e. The molecule has 2 aliphatic rings. The molecule has 4 nitrogen and oxygen atoms in total. The lowest BCUT2D eigenvalue weighted by Crippen LogP contribution is -2.48. The van der Waals surface area contributed by atoms with Gasteiger partial charge < -0.3 is 9.84 Å². The fraction of sp³-hybridized carbons (Fsp3) is 0.667. The molecule has 3 atom stereocenters. The second-order valence-electron chi connectivity index (χ2n) is 5.80. The van der Waals surface area contributed by atoms with E-state index in [0.29, 0.717) is 24.5 Å². The smallest absolute Gasteiger partial charge is 0.137 e. The third-order valence-corrected chi connectivity index (χ3v) is 4.47.